The van der Waals surface area contributed by atoms with E-state index in [1.807, 2.05) is 6.07 Å². The maximum atomic E-state index is 6.24. The summed E-state index contributed by atoms with van der Waals surface area (Å²) in [5.41, 5.74) is 2.56. The van der Waals surface area contributed by atoms with Crippen molar-refractivity contribution in [2.45, 2.75) is 51.7 Å². The lowest BCUT2D eigenvalue weighted by Crippen LogP contribution is -2.36. The summed E-state index contributed by atoms with van der Waals surface area (Å²) < 4.78 is 5.28. The van der Waals surface area contributed by atoms with Crippen LogP contribution < -0.4 is 10.2 Å². The number of anilines is 1. The summed E-state index contributed by atoms with van der Waals surface area (Å²) in [5, 5.41) is 4.40. The topological polar surface area (TPSA) is 24.5 Å². The van der Waals surface area contributed by atoms with Crippen LogP contribution >= 0.6 is 11.6 Å². The van der Waals surface area contributed by atoms with Crippen LogP contribution in [0, 0.1) is 0 Å². The fourth-order valence-electron chi connectivity index (χ4n) is 2.48. The summed E-state index contributed by atoms with van der Waals surface area (Å²) in [4.78, 5) is 2.42. The van der Waals surface area contributed by atoms with Gasteiger partial charge in [0, 0.05) is 43.0 Å². The molecule has 21 heavy (non-hydrogen) atoms. The molecule has 0 spiro atoms. The summed E-state index contributed by atoms with van der Waals surface area (Å²) in [6, 6.07) is 7.41. The Balaban J connectivity index is 2.19. The molecular formula is C17H27ClN2O. The van der Waals surface area contributed by atoms with Crippen LogP contribution in [0.1, 0.15) is 38.7 Å². The van der Waals surface area contributed by atoms with Crippen molar-refractivity contribution < 1.29 is 4.74 Å². The molecule has 1 unspecified atom stereocenters. The van der Waals surface area contributed by atoms with Crippen molar-refractivity contribution in [2.75, 3.05) is 25.2 Å². The SMILES string of the molecule is CCC(C)N(CCOC)c1cc(Cl)ccc1CNC1CC1. The van der Waals surface area contributed by atoms with E-state index in [2.05, 4.69) is 36.2 Å². The third kappa shape index (κ3) is 4.87. The van der Waals surface area contributed by atoms with Crippen LogP contribution in [0.2, 0.25) is 5.02 Å². The van der Waals surface area contributed by atoms with Crippen molar-refractivity contribution in [3.8, 4) is 0 Å². The van der Waals surface area contributed by atoms with Gasteiger partial charge in [-0.3, -0.25) is 0 Å². The molecule has 1 N–H and O–H groups in total. The van der Waals surface area contributed by atoms with Gasteiger partial charge >= 0.3 is 0 Å². The normalized spacial score (nSPS) is 16.0. The van der Waals surface area contributed by atoms with Crippen LogP contribution in [0.5, 0.6) is 0 Å². The molecule has 0 aromatic heterocycles. The first-order valence-electron chi connectivity index (χ1n) is 7.93. The van der Waals surface area contributed by atoms with Gasteiger partial charge in [0.2, 0.25) is 0 Å². The predicted octanol–water partition coefficient (Wildman–Crippen LogP) is 3.84. The molecule has 0 aliphatic heterocycles. The largest absolute Gasteiger partial charge is 0.383 e. The van der Waals surface area contributed by atoms with Crippen LogP contribution in [-0.4, -0.2) is 32.3 Å². The molecule has 1 saturated carbocycles. The zero-order valence-electron chi connectivity index (χ0n) is 13.4. The van der Waals surface area contributed by atoms with Gasteiger partial charge in [-0.2, -0.15) is 0 Å². The maximum Gasteiger partial charge on any atom is 0.0637 e. The van der Waals surface area contributed by atoms with E-state index in [1.54, 1.807) is 7.11 Å². The highest BCUT2D eigenvalue weighted by Gasteiger charge is 2.22. The number of rotatable bonds is 9. The molecule has 1 aliphatic carbocycles. The van der Waals surface area contributed by atoms with Crippen molar-refractivity contribution >= 4 is 17.3 Å². The van der Waals surface area contributed by atoms with Crippen molar-refractivity contribution in [2.24, 2.45) is 0 Å². The Bertz CT molecular complexity index is 448. The second-order valence-corrected chi connectivity index (χ2v) is 6.31. The Morgan fingerprint density at radius 3 is 2.81 bits per heavy atom. The van der Waals surface area contributed by atoms with E-state index < -0.39 is 0 Å². The number of hydrogen-bond donors (Lipinski definition) is 1. The summed E-state index contributed by atoms with van der Waals surface area (Å²) in [7, 11) is 1.75. The van der Waals surface area contributed by atoms with Crippen molar-refractivity contribution in [1.29, 1.82) is 0 Å². The third-order valence-electron chi connectivity index (χ3n) is 4.17. The number of nitrogens with zero attached hydrogens (tertiary/aromatic N) is 1. The first-order valence-corrected chi connectivity index (χ1v) is 8.30. The van der Waals surface area contributed by atoms with Crippen molar-refractivity contribution in [1.82, 2.24) is 5.32 Å². The monoisotopic (exact) mass is 310 g/mol. The number of nitrogens with one attached hydrogen (secondary N) is 1. The van der Waals surface area contributed by atoms with Gasteiger partial charge in [-0.25, -0.2) is 0 Å². The smallest absolute Gasteiger partial charge is 0.0637 e. The minimum absolute atomic E-state index is 0.471. The minimum atomic E-state index is 0.471. The van der Waals surface area contributed by atoms with Crippen LogP contribution in [0.25, 0.3) is 0 Å². The molecular weight excluding hydrogens is 284 g/mol. The molecule has 118 valence electrons. The minimum Gasteiger partial charge on any atom is -0.383 e. The van der Waals surface area contributed by atoms with E-state index in [9.17, 15) is 0 Å². The van der Waals surface area contributed by atoms with E-state index in [4.69, 9.17) is 16.3 Å². The van der Waals surface area contributed by atoms with E-state index in [1.165, 1.54) is 24.1 Å². The second-order valence-electron chi connectivity index (χ2n) is 5.87. The zero-order chi connectivity index (χ0) is 15.2. The highest BCUT2D eigenvalue weighted by molar-refractivity contribution is 6.30. The van der Waals surface area contributed by atoms with Gasteiger partial charge in [-0.1, -0.05) is 24.6 Å². The summed E-state index contributed by atoms with van der Waals surface area (Å²) in [6.45, 7) is 7.01. The standard InChI is InChI=1S/C17H27ClN2O/c1-4-13(2)20(9-10-21-3)17-11-15(18)6-5-14(17)12-19-16-7-8-16/h5-6,11,13,16,19H,4,7-10,12H2,1-3H3. The van der Waals surface area contributed by atoms with E-state index in [0.717, 1.165) is 31.1 Å². The molecule has 4 heteroatoms. The molecule has 3 nitrogen and oxygen atoms in total. The maximum absolute atomic E-state index is 6.24. The molecule has 1 aliphatic rings. The van der Waals surface area contributed by atoms with Crippen LogP contribution in [0.3, 0.4) is 0 Å². The summed E-state index contributed by atoms with van der Waals surface area (Å²) >= 11 is 6.24. The van der Waals surface area contributed by atoms with Gasteiger partial charge in [0.05, 0.1) is 6.61 Å². The molecule has 1 fully saturated rings. The first-order chi connectivity index (χ1) is 10.2. The molecule has 0 amide bonds. The van der Waals surface area contributed by atoms with Crippen LogP contribution in [0.15, 0.2) is 18.2 Å². The number of hydrogen-bond acceptors (Lipinski definition) is 3. The number of halogens is 1. The molecule has 0 saturated heterocycles. The van der Waals surface area contributed by atoms with Gasteiger partial charge in [0.25, 0.3) is 0 Å². The van der Waals surface area contributed by atoms with E-state index in [-0.39, 0.29) is 0 Å². The average Bonchev–Trinajstić information content (AvgIpc) is 3.30. The lowest BCUT2D eigenvalue weighted by molar-refractivity contribution is 0.203. The highest BCUT2D eigenvalue weighted by Crippen LogP contribution is 2.28. The Morgan fingerprint density at radius 1 is 1.43 bits per heavy atom. The average molecular weight is 311 g/mol. The zero-order valence-corrected chi connectivity index (χ0v) is 14.1. The fraction of sp³-hybridized carbons (Fsp3) is 0.647. The van der Waals surface area contributed by atoms with Gasteiger partial charge in [0.1, 0.15) is 0 Å². The molecule has 2 rings (SSSR count). The summed E-state index contributed by atoms with van der Waals surface area (Å²) in [5.74, 6) is 0. The lowest BCUT2D eigenvalue weighted by Gasteiger charge is -2.32. The Morgan fingerprint density at radius 2 is 2.19 bits per heavy atom. The fourth-order valence-corrected chi connectivity index (χ4v) is 2.65. The van der Waals surface area contributed by atoms with Crippen LogP contribution in [0.4, 0.5) is 5.69 Å². The van der Waals surface area contributed by atoms with Gasteiger partial charge in [0.15, 0.2) is 0 Å². The van der Waals surface area contributed by atoms with Gasteiger partial charge < -0.3 is 15.0 Å². The van der Waals surface area contributed by atoms with Gasteiger partial charge in [-0.15, -0.1) is 0 Å². The quantitative estimate of drug-likeness (QED) is 0.750. The summed E-state index contributed by atoms with van der Waals surface area (Å²) in [6.07, 6.45) is 3.72. The lowest BCUT2D eigenvalue weighted by atomic mass is 10.1. The third-order valence-corrected chi connectivity index (χ3v) is 4.41. The number of methoxy groups -OCH3 is 1. The molecule has 1 atom stereocenters. The molecule has 0 heterocycles. The van der Waals surface area contributed by atoms with Crippen molar-refractivity contribution in [3.05, 3.63) is 28.8 Å². The Hall–Kier alpha value is -0.770. The second kappa shape index (κ2) is 8.02. The Labute approximate surface area is 133 Å². The Kier molecular flexibility index (Phi) is 6.34. The molecule has 1 aromatic carbocycles. The number of ether oxygens (including phenoxy) is 1. The predicted molar refractivity (Wildman–Crippen MR) is 90.3 cm³/mol. The van der Waals surface area contributed by atoms with Crippen LogP contribution in [-0.2, 0) is 11.3 Å². The molecule has 1 aromatic rings. The van der Waals surface area contributed by atoms with E-state index >= 15 is 0 Å². The van der Waals surface area contributed by atoms with E-state index in [0.29, 0.717) is 12.1 Å². The molecule has 0 radical (unpaired) electrons. The van der Waals surface area contributed by atoms with Crippen molar-refractivity contribution in [3.63, 3.8) is 0 Å². The highest BCUT2D eigenvalue weighted by atomic mass is 35.5. The van der Waals surface area contributed by atoms with Gasteiger partial charge in [-0.05, 0) is 43.9 Å². The molecule has 0 bridgehead atoms. The first kappa shape index (κ1) is 16.6. The number of benzene rings is 1.